The number of carbonyl (C=O) groups is 1. The quantitative estimate of drug-likeness (QED) is 0.775. The first kappa shape index (κ1) is 17.0. The van der Waals surface area contributed by atoms with Gasteiger partial charge in [0.2, 0.25) is 11.1 Å². The van der Waals surface area contributed by atoms with Crippen LogP contribution >= 0.6 is 11.3 Å². The molecule has 5 rings (SSSR count). The fraction of sp³-hybridized carbons (Fsp3) is 0.579. The number of nitrogens with one attached hydrogen (secondary N) is 1. The van der Waals surface area contributed by atoms with Crippen LogP contribution in [-0.2, 0) is 6.42 Å². The van der Waals surface area contributed by atoms with Gasteiger partial charge in [0.05, 0.1) is 6.04 Å². The topological polar surface area (TPSA) is 71.0 Å². The van der Waals surface area contributed by atoms with Crippen molar-refractivity contribution in [2.45, 2.75) is 69.4 Å². The van der Waals surface area contributed by atoms with Gasteiger partial charge in [0.15, 0.2) is 0 Å². The maximum Gasteiger partial charge on any atom is 0.324 e. The van der Waals surface area contributed by atoms with Gasteiger partial charge < -0.3 is 4.90 Å². The van der Waals surface area contributed by atoms with Gasteiger partial charge in [-0.25, -0.2) is 9.78 Å². The number of rotatable bonds is 2. The van der Waals surface area contributed by atoms with Gasteiger partial charge in [-0.2, -0.15) is 4.39 Å². The molecule has 27 heavy (non-hydrogen) atoms. The summed E-state index contributed by atoms with van der Waals surface area (Å²) in [5.41, 5.74) is 1.57. The highest BCUT2D eigenvalue weighted by molar-refractivity contribution is 7.15. The number of fused-ring (bicyclic) bond motifs is 4. The predicted octanol–water partition coefficient (Wildman–Crippen LogP) is 4.41. The van der Waals surface area contributed by atoms with Crippen molar-refractivity contribution in [2.24, 2.45) is 0 Å². The Morgan fingerprint density at radius 3 is 2.89 bits per heavy atom. The lowest BCUT2D eigenvalue weighted by atomic mass is 9.90. The summed E-state index contributed by atoms with van der Waals surface area (Å²) in [6.07, 6.45) is 9.88. The van der Waals surface area contributed by atoms with E-state index in [9.17, 15) is 9.18 Å². The average molecular weight is 387 g/mol. The molecule has 0 aromatic carbocycles. The van der Waals surface area contributed by atoms with Crippen molar-refractivity contribution < 1.29 is 9.18 Å². The highest BCUT2D eigenvalue weighted by atomic mass is 32.1. The van der Waals surface area contributed by atoms with Gasteiger partial charge in [-0.05, 0) is 43.7 Å². The minimum absolute atomic E-state index is 0.0203. The highest BCUT2D eigenvalue weighted by Gasteiger charge is 2.43. The maximum absolute atomic E-state index is 14.1. The van der Waals surface area contributed by atoms with Crippen LogP contribution in [0.15, 0.2) is 12.3 Å². The van der Waals surface area contributed by atoms with E-state index >= 15 is 0 Å². The SMILES string of the molecule is O=C(Nc1nnc(C2CCCCC2)s1)N1[C@H]2CC[C@@H]1c1ccnc(F)c1C2. The summed E-state index contributed by atoms with van der Waals surface area (Å²) in [6.45, 7) is 0. The molecule has 0 spiro atoms. The van der Waals surface area contributed by atoms with Gasteiger partial charge in [0.25, 0.3) is 0 Å². The molecule has 2 atom stereocenters. The summed E-state index contributed by atoms with van der Waals surface area (Å²) in [5.74, 6) is 0.0844. The van der Waals surface area contributed by atoms with Crippen LogP contribution in [0.5, 0.6) is 0 Å². The Morgan fingerprint density at radius 2 is 2.04 bits per heavy atom. The molecule has 0 unspecified atom stereocenters. The fourth-order valence-electron chi connectivity index (χ4n) is 4.88. The van der Waals surface area contributed by atoms with E-state index in [1.807, 2.05) is 11.0 Å². The Balaban J connectivity index is 1.33. The molecule has 2 amide bonds. The predicted molar refractivity (Wildman–Crippen MR) is 100 cm³/mol. The van der Waals surface area contributed by atoms with Gasteiger partial charge in [-0.1, -0.05) is 30.6 Å². The van der Waals surface area contributed by atoms with Crippen LogP contribution < -0.4 is 5.32 Å². The number of pyridine rings is 1. The molecule has 4 heterocycles. The molecule has 0 radical (unpaired) electrons. The molecule has 6 nitrogen and oxygen atoms in total. The number of hydrogen-bond acceptors (Lipinski definition) is 5. The first-order chi connectivity index (χ1) is 13.2. The molecule has 3 aliphatic rings. The van der Waals surface area contributed by atoms with E-state index in [2.05, 4.69) is 20.5 Å². The zero-order valence-electron chi connectivity index (χ0n) is 15.0. The summed E-state index contributed by atoms with van der Waals surface area (Å²) in [6, 6.07) is 1.63. The highest BCUT2D eigenvalue weighted by Crippen LogP contribution is 2.44. The van der Waals surface area contributed by atoms with Crippen LogP contribution in [0.4, 0.5) is 14.3 Å². The number of nitrogens with zero attached hydrogens (tertiary/aromatic N) is 4. The van der Waals surface area contributed by atoms with Gasteiger partial charge in [0.1, 0.15) is 5.01 Å². The van der Waals surface area contributed by atoms with Crippen LogP contribution in [0.3, 0.4) is 0 Å². The van der Waals surface area contributed by atoms with Crippen LogP contribution in [0, 0.1) is 5.95 Å². The second kappa shape index (κ2) is 6.82. The Hall–Kier alpha value is -2.09. The third-order valence-electron chi connectivity index (χ3n) is 6.18. The maximum atomic E-state index is 14.1. The molecule has 8 heteroatoms. The van der Waals surface area contributed by atoms with Crippen LogP contribution in [0.25, 0.3) is 0 Å². The van der Waals surface area contributed by atoms with Gasteiger partial charge in [-0.15, -0.1) is 10.2 Å². The molecule has 2 aromatic rings. The lowest BCUT2D eigenvalue weighted by Gasteiger charge is -2.35. The van der Waals surface area contributed by atoms with E-state index in [1.165, 1.54) is 36.8 Å². The second-order valence-corrected chi connectivity index (χ2v) is 8.75. The van der Waals surface area contributed by atoms with Crippen molar-refractivity contribution >= 4 is 22.5 Å². The summed E-state index contributed by atoms with van der Waals surface area (Å²) in [4.78, 5) is 18.6. The van der Waals surface area contributed by atoms with Gasteiger partial charge >= 0.3 is 6.03 Å². The van der Waals surface area contributed by atoms with E-state index < -0.39 is 5.95 Å². The monoisotopic (exact) mass is 387 g/mol. The molecule has 1 N–H and O–H groups in total. The molecule has 2 aliphatic heterocycles. The molecular formula is C19H22FN5OS. The average Bonchev–Trinajstić information content (AvgIpc) is 3.27. The number of hydrogen-bond donors (Lipinski definition) is 1. The molecule has 2 aromatic heterocycles. The van der Waals surface area contributed by atoms with Crippen molar-refractivity contribution in [1.82, 2.24) is 20.1 Å². The molecule has 1 saturated heterocycles. The summed E-state index contributed by atoms with van der Waals surface area (Å²) in [7, 11) is 0. The lowest BCUT2D eigenvalue weighted by molar-refractivity contribution is 0.178. The third kappa shape index (κ3) is 2.99. The number of halogens is 1. The van der Waals surface area contributed by atoms with E-state index in [0.717, 1.165) is 36.3 Å². The molecule has 2 bridgehead atoms. The zero-order valence-corrected chi connectivity index (χ0v) is 15.8. The Bertz CT molecular complexity index is 866. The smallest absolute Gasteiger partial charge is 0.314 e. The largest absolute Gasteiger partial charge is 0.324 e. The van der Waals surface area contributed by atoms with Crippen molar-refractivity contribution in [3.63, 3.8) is 0 Å². The number of urea groups is 1. The van der Waals surface area contributed by atoms with Crippen LogP contribution in [0.1, 0.15) is 73.0 Å². The molecular weight excluding hydrogens is 365 g/mol. The molecule has 1 aliphatic carbocycles. The Labute approximate surface area is 161 Å². The molecule has 2 fully saturated rings. The first-order valence-electron chi connectivity index (χ1n) is 9.76. The first-order valence-corrected chi connectivity index (χ1v) is 10.6. The van der Waals surface area contributed by atoms with E-state index in [0.29, 0.717) is 23.0 Å². The van der Waals surface area contributed by atoms with E-state index in [1.54, 1.807) is 0 Å². The second-order valence-electron chi connectivity index (χ2n) is 7.74. The lowest BCUT2D eigenvalue weighted by Crippen LogP contribution is -2.44. The van der Waals surface area contributed by atoms with Crippen molar-refractivity contribution in [2.75, 3.05) is 5.32 Å². The standard InChI is InChI=1S/C19H22FN5OS/c20-16-14-10-12-6-7-15(13(14)8-9-21-16)25(12)19(26)22-18-24-23-17(27-18)11-4-2-1-3-5-11/h8-9,11-12,15H,1-7,10H2,(H,22,24,26)/t12-,15+/m0/s1. The summed E-state index contributed by atoms with van der Waals surface area (Å²) >= 11 is 1.49. The molecule has 142 valence electrons. The van der Waals surface area contributed by atoms with Crippen molar-refractivity contribution in [1.29, 1.82) is 0 Å². The van der Waals surface area contributed by atoms with Crippen molar-refractivity contribution in [3.05, 3.63) is 34.3 Å². The van der Waals surface area contributed by atoms with Gasteiger partial charge in [0, 0.05) is 23.7 Å². The Morgan fingerprint density at radius 1 is 1.19 bits per heavy atom. The number of anilines is 1. The van der Waals surface area contributed by atoms with Crippen LogP contribution in [-0.4, -0.2) is 32.2 Å². The Kier molecular flexibility index (Phi) is 4.30. The minimum Gasteiger partial charge on any atom is -0.314 e. The van der Waals surface area contributed by atoms with E-state index in [-0.39, 0.29) is 18.1 Å². The number of aromatic nitrogens is 3. The normalized spacial score (nSPS) is 24.7. The van der Waals surface area contributed by atoms with Gasteiger partial charge in [-0.3, -0.25) is 5.32 Å². The zero-order chi connectivity index (χ0) is 18.4. The van der Waals surface area contributed by atoms with Crippen LogP contribution in [0.2, 0.25) is 0 Å². The third-order valence-corrected chi connectivity index (χ3v) is 7.19. The van der Waals surface area contributed by atoms with E-state index in [4.69, 9.17) is 0 Å². The minimum atomic E-state index is -0.397. The van der Waals surface area contributed by atoms with Crippen molar-refractivity contribution in [3.8, 4) is 0 Å². The molecule has 1 saturated carbocycles. The summed E-state index contributed by atoms with van der Waals surface area (Å²) in [5, 5.41) is 13.0. The fourth-order valence-corrected chi connectivity index (χ4v) is 5.78. The summed E-state index contributed by atoms with van der Waals surface area (Å²) < 4.78 is 14.1. The number of carbonyl (C=O) groups excluding carboxylic acids is 1. The number of amides is 2.